The van der Waals surface area contributed by atoms with Crippen LogP contribution in [-0.2, 0) is 6.54 Å². The first-order chi connectivity index (χ1) is 9.63. The molecule has 1 saturated carbocycles. The Labute approximate surface area is 119 Å². The van der Waals surface area contributed by atoms with Crippen molar-refractivity contribution in [2.24, 2.45) is 0 Å². The molecule has 5 nitrogen and oxygen atoms in total. The van der Waals surface area contributed by atoms with Gasteiger partial charge in [-0.3, -0.25) is 15.0 Å². The molecule has 5 heteroatoms. The second kappa shape index (κ2) is 6.81. The topological polar surface area (TPSA) is 66.6 Å². The van der Waals surface area contributed by atoms with Crippen molar-refractivity contribution in [2.45, 2.75) is 45.2 Å². The normalized spacial score (nSPS) is 14.8. The van der Waals surface area contributed by atoms with Crippen molar-refractivity contribution in [3.63, 3.8) is 0 Å². The van der Waals surface area contributed by atoms with E-state index >= 15 is 0 Å². The lowest BCUT2D eigenvalue weighted by atomic mass is 10.1. The fraction of sp³-hybridized carbons (Fsp3) is 0.600. The lowest BCUT2D eigenvalue weighted by Gasteiger charge is -2.22. The van der Waals surface area contributed by atoms with Crippen molar-refractivity contribution in [2.75, 3.05) is 13.2 Å². The minimum absolute atomic E-state index is 0.202. The Morgan fingerprint density at radius 1 is 1.40 bits per heavy atom. The Bertz CT molecular complexity index is 472. The van der Waals surface area contributed by atoms with E-state index in [1.54, 1.807) is 12.1 Å². The van der Waals surface area contributed by atoms with E-state index < -0.39 is 0 Å². The molecular formula is C15H22N2O3. The molecule has 0 aromatic heterocycles. The molecule has 1 aliphatic carbocycles. The van der Waals surface area contributed by atoms with Crippen LogP contribution in [0.4, 0.5) is 5.69 Å². The molecule has 0 radical (unpaired) electrons. The van der Waals surface area contributed by atoms with Crippen LogP contribution in [0.2, 0.25) is 0 Å². The number of benzene rings is 1. The van der Waals surface area contributed by atoms with Crippen molar-refractivity contribution in [1.82, 2.24) is 4.90 Å². The molecule has 0 unspecified atom stereocenters. The summed E-state index contributed by atoms with van der Waals surface area (Å²) in [5, 5.41) is 19.9. The van der Waals surface area contributed by atoms with Crippen LogP contribution in [-0.4, -0.2) is 34.1 Å². The number of unbranched alkanes of at least 4 members (excludes halogenated alkanes) is 1. The third-order valence-electron chi connectivity index (χ3n) is 3.90. The predicted molar refractivity (Wildman–Crippen MR) is 77.6 cm³/mol. The predicted octanol–water partition coefficient (Wildman–Crippen LogP) is 2.64. The van der Waals surface area contributed by atoms with E-state index in [1.807, 2.05) is 13.0 Å². The van der Waals surface area contributed by atoms with Crippen LogP contribution in [0.3, 0.4) is 0 Å². The quantitative estimate of drug-likeness (QED) is 0.451. The first-order valence-corrected chi connectivity index (χ1v) is 7.21. The Kier molecular flexibility index (Phi) is 5.09. The molecular weight excluding hydrogens is 256 g/mol. The molecule has 0 amide bonds. The number of nitrogens with zero attached hydrogens (tertiary/aromatic N) is 2. The summed E-state index contributed by atoms with van der Waals surface area (Å²) in [5.74, 6) is 0. The van der Waals surface area contributed by atoms with Crippen molar-refractivity contribution in [3.8, 4) is 0 Å². The molecule has 20 heavy (non-hydrogen) atoms. The van der Waals surface area contributed by atoms with Gasteiger partial charge in [-0.15, -0.1) is 0 Å². The van der Waals surface area contributed by atoms with Crippen molar-refractivity contribution < 1.29 is 10.0 Å². The summed E-state index contributed by atoms with van der Waals surface area (Å²) in [4.78, 5) is 13.1. The molecule has 0 saturated heterocycles. The first kappa shape index (κ1) is 14.9. The van der Waals surface area contributed by atoms with Gasteiger partial charge in [-0.05, 0) is 44.7 Å². The van der Waals surface area contributed by atoms with Crippen LogP contribution in [0.15, 0.2) is 18.2 Å². The van der Waals surface area contributed by atoms with Gasteiger partial charge >= 0.3 is 0 Å². The van der Waals surface area contributed by atoms with Gasteiger partial charge in [0.05, 0.1) is 4.92 Å². The summed E-state index contributed by atoms with van der Waals surface area (Å²) in [6.45, 7) is 3.78. The largest absolute Gasteiger partial charge is 0.396 e. The Morgan fingerprint density at radius 2 is 2.15 bits per heavy atom. The maximum absolute atomic E-state index is 11.0. The third-order valence-corrected chi connectivity index (χ3v) is 3.90. The van der Waals surface area contributed by atoms with E-state index in [2.05, 4.69) is 4.90 Å². The average molecular weight is 278 g/mol. The van der Waals surface area contributed by atoms with Gasteiger partial charge in [-0.2, -0.15) is 0 Å². The summed E-state index contributed by atoms with van der Waals surface area (Å²) in [6.07, 6.45) is 4.22. The lowest BCUT2D eigenvalue weighted by Crippen LogP contribution is -2.27. The minimum Gasteiger partial charge on any atom is -0.396 e. The van der Waals surface area contributed by atoms with E-state index in [0.717, 1.165) is 37.1 Å². The smallest absolute Gasteiger partial charge is 0.272 e. The van der Waals surface area contributed by atoms with Crippen molar-refractivity contribution >= 4 is 5.69 Å². The van der Waals surface area contributed by atoms with Gasteiger partial charge in [0.2, 0.25) is 0 Å². The van der Waals surface area contributed by atoms with Gasteiger partial charge in [0.15, 0.2) is 0 Å². The van der Waals surface area contributed by atoms with Gasteiger partial charge in [0.25, 0.3) is 5.69 Å². The zero-order valence-electron chi connectivity index (χ0n) is 11.9. The number of hydrogen-bond acceptors (Lipinski definition) is 4. The second-order valence-corrected chi connectivity index (χ2v) is 5.45. The van der Waals surface area contributed by atoms with Crippen molar-refractivity contribution in [1.29, 1.82) is 0 Å². The number of nitro groups is 1. The molecule has 2 rings (SSSR count). The molecule has 0 bridgehead atoms. The number of nitro benzene ring substituents is 1. The van der Waals surface area contributed by atoms with Crippen LogP contribution < -0.4 is 0 Å². The van der Waals surface area contributed by atoms with Gasteiger partial charge in [0.1, 0.15) is 0 Å². The number of rotatable bonds is 8. The summed E-state index contributed by atoms with van der Waals surface area (Å²) >= 11 is 0. The van der Waals surface area contributed by atoms with E-state index in [-0.39, 0.29) is 17.2 Å². The summed E-state index contributed by atoms with van der Waals surface area (Å²) < 4.78 is 0. The highest BCUT2D eigenvalue weighted by Crippen LogP contribution is 2.30. The van der Waals surface area contributed by atoms with Gasteiger partial charge in [0, 0.05) is 30.8 Å². The molecule has 0 aliphatic heterocycles. The van der Waals surface area contributed by atoms with Crippen LogP contribution in [0, 0.1) is 17.0 Å². The fourth-order valence-electron chi connectivity index (χ4n) is 2.51. The Balaban J connectivity index is 2.06. The van der Waals surface area contributed by atoms with Crippen LogP contribution >= 0.6 is 0 Å². The second-order valence-electron chi connectivity index (χ2n) is 5.45. The van der Waals surface area contributed by atoms with Gasteiger partial charge in [-0.25, -0.2) is 0 Å². The maximum atomic E-state index is 11.0. The zero-order chi connectivity index (χ0) is 14.5. The summed E-state index contributed by atoms with van der Waals surface area (Å²) in [6, 6.07) is 5.92. The molecule has 1 aromatic rings. The molecule has 1 fully saturated rings. The summed E-state index contributed by atoms with van der Waals surface area (Å²) in [5.41, 5.74) is 2.01. The van der Waals surface area contributed by atoms with E-state index in [4.69, 9.17) is 5.11 Å². The van der Waals surface area contributed by atoms with Crippen LogP contribution in [0.5, 0.6) is 0 Å². The maximum Gasteiger partial charge on any atom is 0.272 e. The zero-order valence-corrected chi connectivity index (χ0v) is 11.9. The molecule has 110 valence electrons. The Hall–Kier alpha value is -1.46. The van der Waals surface area contributed by atoms with Gasteiger partial charge in [-0.1, -0.05) is 12.1 Å². The average Bonchev–Trinajstić information content (AvgIpc) is 3.24. The van der Waals surface area contributed by atoms with E-state index in [9.17, 15) is 10.1 Å². The molecule has 1 aliphatic rings. The fourth-order valence-corrected chi connectivity index (χ4v) is 2.51. The SMILES string of the molecule is Cc1c(CN(CCCCO)C2CC2)cccc1[N+](=O)[O-]. The number of aliphatic hydroxyl groups is 1. The molecule has 1 aromatic carbocycles. The number of aliphatic hydroxyl groups excluding tert-OH is 1. The summed E-state index contributed by atoms with van der Waals surface area (Å²) in [7, 11) is 0. The van der Waals surface area contributed by atoms with Crippen molar-refractivity contribution in [3.05, 3.63) is 39.4 Å². The highest BCUT2D eigenvalue weighted by Gasteiger charge is 2.29. The minimum atomic E-state index is -0.313. The van der Waals surface area contributed by atoms with Crippen LogP contribution in [0.25, 0.3) is 0 Å². The number of hydrogen-bond donors (Lipinski definition) is 1. The molecule has 1 N–H and O–H groups in total. The lowest BCUT2D eigenvalue weighted by molar-refractivity contribution is -0.385. The molecule has 0 heterocycles. The highest BCUT2D eigenvalue weighted by atomic mass is 16.6. The highest BCUT2D eigenvalue weighted by molar-refractivity contribution is 5.44. The molecule has 0 atom stereocenters. The standard InChI is InChI=1S/C15H22N2O3/c1-12-13(5-4-6-15(12)17(19)20)11-16(14-7-8-14)9-2-3-10-18/h4-6,14,18H,2-3,7-11H2,1H3. The third kappa shape index (κ3) is 3.77. The molecule has 0 spiro atoms. The first-order valence-electron chi connectivity index (χ1n) is 7.21. The van der Waals surface area contributed by atoms with E-state index in [0.29, 0.717) is 6.04 Å². The van der Waals surface area contributed by atoms with E-state index in [1.165, 1.54) is 12.8 Å². The monoisotopic (exact) mass is 278 g/mol. The van der Waals surface area contributed by atoms with Gasteiger partial charge < -0.3 is 5.11 Å². The van der Waals surface area contributed by atoms with Crippen LogP contribution in [0.1, 0.15) is 36.8 Å². The Morgan fingerprint density at radius 3 is 2.75 bits per heavy atom.